The molecule has 7 heteroatoms. The Hall–Kier alpha value is -1.08. The van der Waals surface area contributed by atoms with E-state index in [0.717, 1.165) is 32.1 Å². The number of esters is 2. The van der Waals surface area contributed by atoms with E-state index in [1.165, 1.54) is 135 Å². The fourth-order valence-corrected chi connectivity index (χ4v) is 6.19. The molecule has 0 fully saturated rings. The second-order valence-corrected chi connectivity index (χ2v) is 16.6. The first-order valence-corrected chi connectivity index (χ1v) is 21.6. The first kappa shape index (κ1) is 48.9. The number of hydrogen-bond donors (Lipinski definition) is 0. The normalized spacial score (nSPS) is 12.7. The standard InChI is InChI=1S/C43H85BO6/c1-7-9-11-13-15-17-19-21-23-25-27-29-31-33-40(45)47-37-39(38-49-42(3,4)35-36-48-43(5,6)44)50-41(46)34-32-30-28-26-24-22-20-18-16-14-12-10-8-2/h39H,7-38,44H2,1-6H3. The fourth-order valence-electron chi connectivity index (χ4n) is 6.19. The smallest absolute Gasteiger partial charge is 0.306 e. The van der Waals surface area contributed by atoms with Gasteiger partial charge in [0.25, 0.3) is 0 Å². The molecule has 0 spiro atoms. The average Bonchev–Trinajstić information content (AvgIpc) is 3.06. The van der Waals surface area contributed by atoms with E-state index < -0.39 is 11.7 Å². The summed E-state index contributed by atoms with van der Waals surface area (Å²) < 4.78 is 23.5. The summed E-state index contributed by atoms with van der Waals surface area (Å²) in [5.41, 5.74) is -0.660. The van der Waals surface area contributed by atoms with Crippen LogP contribution in [0.15, 0.2) is 0 Å². The Morgan fingerprint density at radius 2 is 0.860 bits per heavy atom. The van der Waals surface area contributed by atoms with Gasteiger partial charge in [0, 0.05) is 24.9 Å². The van der Waals surface area contributed by atoms with Gasteiger partial charge in [0.15, 0.2) is 6.10 Å². The number of rotatable bonds is 38. The zero-order valence-corrected chi connectivity index (χ0v) is 34.7. The lowest BCUT2D eigenvalue weighted by atomic mass is 9.86. The minimum absolute atomic E-state index is 0.0379. The van der Waals surface area contributed by atoms with E-state index in [1.807, 2.05) is 35.5 Å². The van der Waals surface area contributed by atoms with Crippen molar-refractivity contribution in [1.82, 2.24) is 0 Å². The molecule has 296 valence electrons. The number of unbranched alkanes of at least 4 members (excludes halogenated alkanes) is 24. The van der Waals surface area contributed by atoms with E-state index in [9.17, 15) is 9.59 Å². The van der Waals surface area contributed by atoms with Crippen LogP contribution in [-0.4, -0.2) is 56.8 Å². The summed E-state index contributed by atoms with van der Waals surface area (Å²) in [6.07, 6.45) is 33.9. The maximum Gasteiger partial charge on any atom is 0.306 e. The van der Waals surface area contributed by atoms with Crippen molar-refractivity contribution in [3.63, 3.8) is 0 Å². The monoisotopic (exact) mass is 709 g/mol. The highest BCUT2D eigenvalue weighted by Gasteiger charge is 2.25. The number of carbonyl (C=O) groups excluding carboxylic acids is 2. The topological polar surface area (TPSA) is 71.1 Å². The van der Waals surface area contributed by atoms with Gasteiger partial charge in [-0.2, -0.15) is 0 Å². The lowest BCUT2D eigenvalue weighted by molar-refractivity contribution is -0.167. The van der Waals surface area contributed by atoms with Crippen molar-refractivity contribution in [2.45, 2.75) is 245 Å². The summed E-state index contributed by atoms with van der Waals surface area (Å²) in [5, 5.41) is 0. The van der Waals surface area contributed by atoms with Crippen LogP contribution in [0, 0.1) is 0 Å². The van der Waals surface area contributed by atoms with Crippen LogP contribution < -0.4 is 0 Å². The molecule has 0 bridgehead atoms. The molecule has 0 radical (unpaired) electrons. The zero-order chi connectivity index (χ0) is 37.2. The van der Waals surface area contributed by atoms with E-state index in [-0.39, 0.29) is 30.7 Å². The predicted molar refractivity (Wildman–Crippen MR) is 215 cm³/mol. The number of ether oxygens (including phenoxy) is 4. The van der Waals surface area contributed by atoms with Gasteiger partial charge < -0.3 is 18.9 Å². The molecule has 0 heterocycles. The summed E-state index contributed by atoms with van der Waals surface area (Å²) in [6, 6.07) is 0. The van der Waals surface area contributed by atoms with Gasteiger partial charge in [-0.25, -0.2) is 0 Å². The summed E-state index contributed by atoms with van der Waals surface area (Å²) in [4.78, 5) is 25.3. The summed E-state index contributed by atoms with van der Waals surface area (Å²) in [7, 11) is 2.04. The maximum atomic E-state index is 12.8. The van der Waals surface area contributed by atoms with Gasteiger partial charge in [-0.1, -0.05) is 168 Å². The molecule has 1 unspecified atom stereocenters. The minimum Gasteiger partial charge on any atom is -0.462 e. The van der Waals surface area contributed by atoms with Crippen LogP contribution in [0.3, 0.4) is 0 Å². The fraction of sp³-hybridized carbons (Fsp3) is 0.953. The highest BCUT2D eigenvalue weighted by molar-refractivity contribution is 6.13. The van der Waals surface area contributed by atoms with Crippen LogP contribution in [0.4, 0.5) is 0 Å². The Morgan fingerprint density at radius 3 is 1.24 bits per heavy atom. The molecule has 50 heavy (non-hydrogen) atoms. The van der Waals surface area contributed by atoms with Gasteiger partial charge in [0.2, 0.25) is 0 Å². The first-order chi connectivity index (χ1) is 24.0. The largest absolute Gasteiger partial charge is 0.462 e. The lowest BCUT2D eigenvalue weighted by Gasteiger charge is -2.29. The van der Waals surface area contributed by atoms with Crippen LogP contribution >= 0.6 is 0 Å². The highest BCUT2D eigenvalue weighted by atomic mass is 16.6. The number of hydrogen-bond acceptors (Lipinski definition) is 6. The molecule has 0 aliphatic heterocycles. The van der Waals surface area contributed by atoms with Crippen molar-refractivity contribution in [2.75, 3.05) is 19.8 Å². The van der Waals surface area contributed by atoms with E-state index in [2.05, 4.69) is 13.8 Å². The Bertz CT molecular complexity index is 765. The second-order valence-electron chi connectivity index (χ2n) is 16.6. The summed E-state index contributed by atoms with van der Waals surface area (Å²) in [6.45, 7) is 13.5. The maximum absolute atomic E-state index is 12.8. The molecule has 0 aromatic rings. The molecule has 0 amide bonds. The summed E-state index contributed by atoms with van der Waals surface area (Å²) >= 11 is 0. The van der Waals surface area contributed by atoms with Crippen LogP contribution in [-0.2, 0) is 28.5 Å². The Morgan fingerprint density at radius 1 is 0.500 bits per heavy atom. The zero-order valence-electron chi connectivity index (χ0n) is 34.7. The molecule has 0 aromatic heterocycles. The minimum atomic E-state index is -0.608. The lowest BCUT2D eigenvalue weighted by Crippen LogP contribution is -2.36. The molecule has 0 rings (SSSR count). The molecule has 0 saturated heterocycles. The van der Waals surface area contributed by atoms with Crippen molar-refractivity contribution in [3.05, 3.63) is 0 Å². The quantitative estimate of drug-likeness (QED) is 0.0361. The van der Waals surface area contributed by atoms with Gasteiger partial charge in [0.1, 0.15) is 14.5 Å². The van der Waals surface area contributed by atoms with Crippen molar-refractivity contribution in [1.29, 1.82) is 0 Å². The van der Waals surface area contributed by atoms with E-state index in [4.69, 9.17) is 18.9 Å². The Labute approximate surface area is 312 Å². The van der Waals surface area contributed by atoms with Crippen LogP contribution in [0.25, 0.3) is 0 Å². The number of carbonyl (C=O) groups is 2. The molecule has 6 nitrogen and oxygen atoms in total. The Kier molecular flexibility index (Phi) is 33.0. The molecule has 0 aliphatic carbocycles. The van der Waals surface area contributed by atoms with Crippen molar-refractivity contribution >= 4 is 19.8 Å². The summed E-state index contributed by atoms with van der Waals surface area (Å²) in [5.74, 6) is -0.452. The van der Waals surface area contributed by atoms with Crippen LogP contribution in [0.2, 0.25) is 0 Å². The predicted octanol–water partition coefficient (Wildman–Crippen LogP) is 12.0. The van der Waals surface area contributed by atoms with Gasteiger partial charge in [-0.3, -0.25) is 9.59 Å². The highest BCUT2D eigenvalue weighted by Crippen LogP contribution is 2.19. The first-order valence-electron chi connectivity index (χ1n) is 21.6. The molecule has 0 aromatic carbocycles. The molecule has 0 saturated carbocycles. The second kappa shape index (κ2) is 33.7. The SMILES string of the molecule is BC(C)(C)OCCC(C)(C)OCC(COC(=O)CCCCCCCCCCCCCCC)OC(=O)CCCCCCCCCCCCCCC. The molecular weight excluding hydrogens is 623 g/mol. The van der Waals surface area contributed by atoms with Gasteiger partial charge in [-0.05, 0) is 47.0 Å². The third kappa shape index (κ3) is 36.7. The molecular formula is C43H85BO6. The van der Waals surface area contributed by atoms with Crippen molar-refractivity contribution in [2.24, 2.45) is 0 Å². The van der Waals surface area contributed by atoms with Crippen molar-refractivity contribution < 1.29 is 28.5 Å². The molecule has 0 aliphatic rings. The van der Waals surface area contributed by atoms with Crippen LogP contribution in [0.5, 0.6) is 0 Å². The van der Waals surface area contributed by atoms with E-state index in [1.54, 1.807) is 0 Å². The van der Waals surface area contributed by atoms with Gasteiger partial charge in [0.05, 0.1) is 12.2 Å². The molecule has 0 N–H and O–H groups in total. The van der Waals surface area contributed by atoms with Gasteiger partial charge >= 0.3 is 11.9 Å². The third-order valence-corrected chi connectivity index (χ3v) is 9.60. The van der Waals surface area contributed by atoms with Crippen molar-refractivity contribution in [3.8, 4) is 0 Å². The van der Waals surface area contributed by atoms with Gasteiger partial charge in [-0.15, -0.1) is 0 Å². The molecule has 1 atom stereocenters. The average molecular weight is 709 g/mol. The van der Waals surface area contributed by atoms with E-state index >= 15 is 0 Å². The third-order valence-electron chi connectivity index (χ3n) is 9.60. The van der Waals surface area contributed by atoms with Crippen LogP contribution in [0.1, 0.15) is 228 Å². The Balaban J connectivity index is 4.36. The van der Waals surface area contributed by atoms with E-state index in [0.29, 0.717) is 25.9 Å².